The first-order valence-corrected chi connectivity index (χ1v) is 6.06. The highest BCUT2D eigenvalue weighted by molar-refractivity contribution is 6.31. The van der Waals surface area contributed by atoms with E-state index in [0.29, 0.717) is 6.04 Å². The Hall–Kier alpha value is -0.990. The van der Waals surface area contributed by atoms with E-state index in [2.05, 4.69) is 35.9 Å². The Bertz CT molecular complexity index is 557. The molecule has 1 aliphatic rings. The number of halogens is 1. The van der Waals surface area contributed by atoms with Crippen LogP contribution in [0, 0.1) is 6.92 Å². The maximum atomic E-state index is 6.09. The van der Waals surface area contributed by atoms with Crippen molar-refractivity contribution < 1.29 is 0 Å². The molecule has 2 heterocycles. The van der Waals surface area contributed by atoms with E-state index in [0.717, 1.165) is 18.1 Å². The summed E-state index contributed by atoms with van der Waals surface area (Å²) in [5.74, 6) is 0. The zero-order valence-electron chi connectivity index (χ0n) is 9.55. The number of benzene rings is 1. The first-order chi connectivity index (χ1) is 7.68. The number of rotatable bonds is 0. The van der Waals surface area contributed by atoms with Crippen molar-refractivity contribution in [2.45, 2.75) is 26.4 Å². The molecular weight excluding hydrogens is 220 g/mol. The van der Waals surface area contributed by atoms with Gasteiger partial charge in [0.1, 0.15) is 0 Å². The Labute approximate surface area is 100 Å². The van der Waals surface area contributed by atoms with E-state index in [1.165, 1.54) is 22.2 Å². The van der Waals surface area contributed by atoms with Crippen LogP contribution in [-0.2, 0) is 6.54 Å². The molecule has 1 N–H and O–H groups in total. The van der Waals surface area contributed by atoms with Gasteiger partial charge in [0.25, 0.3) is 0 Å². The first-order valence-electron chi connectivity index (χ1n) is 5.68. The number of hydrogen-bond acceptors (Lipinski definition) is 1. The van der Waals surface area contributed by atoms with Gasteiger partial charge in [-0.3, -0.25) is 0 Å². The molecule has 16 heavy (non-hydrogen) atoms. The largest absolute Gasteiger partial charge is 0.339 e. The van der Waals surface area contributed by atoms with Gasteiger partial charge in [-0.25, -0.2) is 0 Å². The van der Waals surface area contributed by atoms with E-state index in [-0.39, 0.29) is 0 Å². The minimum absolute atomic E-state index is 0.499. The lowest BCUT2D eigenvalue weighted by Crippen LogP contribution is -2.31. The molecule has 0 radical (unpaired) electrons. The van der Waals surface area contributed by atoms with E-state index >= 15 is 0 Å². The molecule has 0 aliphatic carbocycles. The molecule has 0 amide bonds. The van der Waals surface area contributed by atoms with Crippen molar-refractivity contribution in [3.63, 3.8) is 0 Å². The van der Waals surface area contributed by atoms with Crippen molar-refractivity contribution in [1.29, 1.82) is 0 Å². The summed E-state index contributed by atoms with van der Waals surface area (Å²) in [6, 6.07) is 6.68. The van der Waals surface area contributed by atoms with Crippen molar-refractivity contribution in [1.82, 2.24) is 9.88 Å². The number of nitrogens with zero attached hydrogens (tertiary/aromatic N) is 1. The van der Waals surface area contributed by atoms with Crippen molar-refractivity contribution in [2.75, 3.05) is 6.54 Å². The zero-order valence-corrected chi connectivity index (χ0v) is 10.3. The maximum Gasteiger partial charge on any atom is 0.0503 e. The second kappa shape index (κ2) is 3.51. The molecule has 2 nitrogen and oxygen atoms in total. The molecule has 1 aromatic carbocycles. The summed E-state index contributed by atoms with van der Waals surface area (Å²) in [4.78, 5) is 0. The van der Waals surface area contributed by atoms with Crippen molar-refractivity contribution >= 4 is 22.5 Å². The van der Waals surface area contributed by atoms with Gasteiger partial charge >= 0.3 is 0 Å². The molecule has 0 fully saturated rings. The zero-order chi connectivity index (χ0) is 11.3. The lowest BCUT2D eigenvalue weighted by Gasteiger charge is -2.25. The van der Waals surface area contributed by atoms with Crippen LogP contribution in [0.5, 0.6) is 0 Å². The second-order valence-electron chi connectivity index (χ2n) is 4.58. The summed E-state index contributed by atoms with van der Waals surface area (Å²) >= 11 is 6.09. The standard InChI is InChI=1S/C13H15ClN2/c1-8-6-15-7-13-9(2)11-4-3-10(14)5-12(11)16(8)13/h3-5,8,15H,6-7H2,1-2H3. The smallest absolute Gasteiger partial charge is 0.0503 e. The summed E-state index contributed by atoms with van der Waals surface area (Å²) in [6.07, 6.45) is 0. The van der Waals surface area contributed by atoms with E-state index in [1.807, 2.05) is 6.07 Å². The topological polar surface area (TPSA) is 17.0 Å². The van der Waals surface area contributed by atoms with Gasteiger partial charge in [0.15, 0.2) is 0 Å². The normalized spacial score (nSPS) is 20.1. The van der Waals surface area contributed by atoms with Gasteiger partial charge in [-0.15, -0.1) is 0 Å². The first kappa shape index (κ1) is 10.2. The molecule has 2 aromatic rings. The molecule has 1 aliphatic heterocycles. The summed E-state index contributed by atoms with van der Waals surface area (Å²) in [6.45, 7) is 6.43. The minimum Gasteiger partial charge on any atom is -0.339 e. The van der Waals surface area contributed by atoms with Crippen LogP contribution in [0.2, 0.25) is 5.02 Å². The molecule has 3 heteroatoms. The van der Waals surface area contributed by atoms with E-state index in [1.54, 1.807) is 0 Å². The predicted octanol–water partition coefficient (Wildman–Crippen LogP) is 3.27. The van der Waals surface area contributed by atoms with Crippen LogP contribution in [-0.4, -0.2) is 11.1 Å². The summed E-state index contributed by atoms with van der Waals surface area (Å²) in [5.41, 5.74) is 4.05. The number of nitrogens with one attached hydrogen (secondary N) is 1. The highest BCUT2D eigenvalue weighted by Crippen LogP contribution is 2.32. The number of fused-ring (bicyclic) bond motifs is 3. The fourth-order valence-electron chi connectivity index (χ4n) is 2.71. The molecule has 1 atom stereocenters. The van der Waals surface area contributed by atoms with Crippen LogP contribution in [0.15, 0.2) is 18.2 Å². The van der Waals surface area contributed by atoms with Crippen molar-refractivity contribution in [3.05, 3.63) is 34.5 Å². The number of hydrogen-bond donors (Lipinski definition) is 1. The molecule has 1 aromatic heterocycles. The Morgan fingerprint density at radius 2 is 2.25 bits per heavy atom. The monoisotopic (exact) mass is 234 g/mol. The Kier molecular flexibility index (Phi) is 2.23. The highest BCUT2D eigenvalue weighted by Gasteiger charge is 2.21. The van der Waals surface area contributed by atoms with Gasteiger partial charge in [0, 0.05) is 35.2 Å². The van der Waals surface area contributed by atoms with Crippen LogP contribution in [0.3, 0.4) is 0 Å². The van der Waals surface area contributed by atoms with E-state index in [9.17, 15) is 0 Å². The third-order valence-corrected chi connectivity index (χ3v) is 3.76. The summed E-state index contributed by atoms with van der Waals surface area (Å²) < 4.78 is 2.42. The molecule has 3 rings (SSSR count). The van der Waals surface area contributed by atoms with Gasteiger partial charge < -0.3 is 9.88 Å². The quantitative estimate of drug-likeness (QED) is 0.741. The molecule has 0 bridgehead atoms. The average Bonchev–Trinajstić information content (AvgIpc) is 2.54. The maximum absolute atomic E-state index is 6.09. The number of aromatic nitrogens is 1. The summed E-state index contributed by atoms with van der Waals surface area (Å²) in [5, 5.41) is 5.60. The van der Waals surface area contributed by atoms with Crippen LogP contribution in [0.1, 0.15) is 24.2 Å². The molecular formula is C13H15ClN2. The van der Waals surface area contributed by atoms with E-state index in [4.69, 9.17) is 11.6 Å². The molecule has 0 saturated heterocycles. The van der Waals surface area contributed by atoms with Gasteiger partial charge in [0.2, 0.25) is 0 Å². The third kappa shape index (κ3) is 1.30. The van der Waals surface area contributed by atoms with Crippen LogP contribution in [0.25, 0.3) is 10.9 Å². The second-order valence-corrected chi connectivity index (χ2v) is 5.02. The predicted molar refractivity (Wildman–Crippen MR) is 68.1 cm³/mol. The van der Waals surface area contributed by atoms with Crippen molar-refractivity contribution in [2.24, 2.45) is 0 Å². The van der Waals surface area contributed by atoms with E-state index < -0.39 is 0 Å². The fraction of sp³-hybridized carbons (Fsp3) is 0.385. The van der Waals surface area contributed by atoms with Crippen molar-refractivity contribution in [3.8, 4) is 0 Å². The molecule has 0 saturated carbocycles. The Balaban J connectivity index is 2.40. The summed E-state index contributed by atoms with van der Waals surface area (Å²) in [7, 11) is 0. The third-order valence-electron chi connectivity index (χ3n) is 3.52. The Morgan fingerprint density at radius 3 is 3.06 bits per heavy atom. The number of aryl methyl sites for hydroxylation is 1. The lowest BCUT2D eigenvalue weighted by atomic mass is 10.1. The average molecular weight is 235 g/mol. The highest BCUT2D eigenvalue weighted by atomic mass is 35.5. The fourth-order valence-corrected chi connectivity index (χ4v) is 2.88. The van der Waals surface area contributed by atoms with Gasteiger partial charge in [-0.05, 0) is 31.5 Å². The lowest BCUT2D eigenvalue weighted by molar-refractivity contribution is 0.438. The molecule has 0 spiro atoms. The minimum atomic E-state index is 0.499. The Morgan fingerprint density at radius 1 is 1.44 bits per heavy atom. The van der Waals surface area contributed by atoms with Gasteiger partial charge in [-0.2, -0.15) is 0 Å². The van der Waals surface area contributed by atoms with Crippen LogP contribution in [0.4, 0.5) is 0 Å². The van der Waals surface area contributed by atoms with Crippen LogP contribution < -0.4 is 5.32 Å². The molecule has 84 valence electrons. The SMILES string of the molecule is Cc1c2n(c3cc(Cl)ccc13)C(C)CNC2. The van der Waals surface area contributed by atoms with Crippen LogP contribution >= 0.6 is 11.6 Å². The van der Waals surface area contributed by atoms with Gasteiger partial charge in [0.05, 0.1) is 5.52 Å². The molecule has 1 unspecified atom stereocenters. The van der Waals surface area contributed by atoms with Gasteiger partial charge in [-0.1, -0.05) is 17.7 Å².